The summed E-state index contributed by atoms with van der Waals surface area (Å²) in [7, 11) is 0. The van der Waals surface area contributed by atoms with Gasteiger partial charge in [-0.3, -0.25) is 4.79 Å². The van der Waals surface area contributed by atoms with Crippen molar-refractivity contribution in [1.29, 1.82) is 0 Å². The average molecular weight is 279 g/mol. The normalized spacial score (nSPS) is 14.2. The molecule has 1 rings (SSSR count). The van der Waals surface area contributed by atoms with Crippen LogP contribution in [0.5, 0.6) is 0 Å². The first-order valence-corrected chi connectivity index (χ1v) is 6.96. The molecule has 0 radical (unpaired) electrons. The standard InChI is InChI=1S/C15H25N3O2/c1-10(2)15(5,20)9-17-14(19)12-7-6-8-16-13(12)18-11(3)4/h6-8,10-11,20H,9H2,1-5H3,(H,16,18)(H,17,19). The first-order valence-electron chi connectivity index (χ1n) is 6.96. The SMILES string of the molecule is CC(C)Nc1ncccc1C(=O)NCC(C)(O)C(C)C. The maximum atomic E-state index is 12.2. The fourth-order valence-electron chi connectivity index (χ4n) is 1.54. The molecule has 0 spiro atoms. The molecule has 0 fully saturated rings. The largest absolute Gasteiger partial charge is 0.388 e. The summed E-state index contributed by atoms with van der Waals surface area (Å²) in [5.41, 5.74) is -0.440. The van der Waals surface area contributed by atoms with Gasteiger partial charge in [-0.15, -0.1) is 0 Å². The minimum atomic E-state index is -0.927. The van der Waals surface area contributed by atoms with Crippen molar-refractivity contribution < 1.29 is 9.90 Å². The second kappa shape index (κ2) is 6.70. The van der Waals surface area contributed by atoms with Crippen LogP contribution in [0.3, 0.4) is 0 Å². The van der Waals surface area contributed by atoms with Crippen LogP contribution in [0.15, 0.2) is 18.3 Å². The third-order valence-corrected chi connectivity index (χ3v) is 3.33. The Labute approximate surface area is 120 Å². The second-order valence-electron chi connectivity index (χ2n) is 5.89. The van der Waals surface area contributed by atoms with Crippen molar-refractivity contribution >= 4 is 11.7 Å². The maximum Gasteiger partial charge on any atom is 0.255 e. The number of aliphatic hydroxyl groups is 1. The molecule has 5 heteroatoms. The van der Waals surface area contributed by atoms with Gasteiger partial charge in [0.15, 0.2) is 0 Å². The summed E-state index contributed by atoms with van der Waals surface area (Å²) in [5, 5.41) is 16.1. The van der Waals surface area contributed by atoms with Gasteiger partial charge in [0.2, 0.25) is 0 Å². The molecule has 5 nitrogen and oxygen atoms in total. The van der Waals surface area contributed by atoms with Gasteiger partial charge in [0.1, 0.15) is 5.82 Å². The minimum absolute atomic E-state index is 0.0601. The van der Waals surface area contributed by atoms with Crippen LogP contribution < -0.4 is 10.6 Å². The molecule has 1 unspecified atom stereocenters. The van der Waals surface area contributed by atoms with Crippen LogP contribution in [0.25, 0.3) is 0 Å². The highest BCUT2D eigenvalue weighted by Crippen LogP contribution is 2.16. The Hall–Kier alpha value is -1.62. The summed E-state index contributed by atoms with van der Waals surface area (Å²) < 4.78 is 0. The van der Waals surface area contributed by atoms with E-state index < -0.39 is 5.60 Å². The van der Waals surface area contributed by atoms with Crippen LogP contribution in [-0.4, -0.2) is 34.2 Å². The molecular formula is C15H25N3O2. The first kappa shape index (κ1) is 16.4. The van der Waals surface area contributed by atoms with Gasteiger partial charge >= 0.3 is 0 Å². The molecule has 0 aliphatic heterocycles. The van der Waals surface area contributed by atoms with Crippen LogP contribution in [0.4, 0.5) is 5.82 Å². The van der Waals surface area contributed by atoms with Gasteiger partial charge < -0.3 is 15.7 Å². The number of carbonyl (C=O) groups excluding carboxylic acids is 1. The van der Waals surface area contributed by atoms with Crippen LogP contribution in [0, 0.1) is 5.92 Å². The quantitative estimate of drug-likeness (QED) is 0.745. The highest BCUT2D eigenvalue weighted by atomic mass is 16.3. The molecule has 112 valence electrons. The van der Waals surface area contributed by atoms with Crippen molar-refractivity contribution in [3.8, 4) is 0 Å². The molecule has 0 saturated heterocycles. The molecule has 1 atom stereocenters. The Balaban J connectivity index is 2.78. The van der Waals surface area contributed by atoms with E-state index in [9.17, 15) is 9.90 Å². The monoisotopic (exact) mass is 279 g/mol. The Morgan fingerprint density at radius 3 is 2.60 bits per heavy atom. The fraction of sp³-hybridized carbons (Fsp3) is 0.600. The number of nitrogens with one attached hydrogen (secondary N) is 2. The number of carbonyl (C=O) groups is 1. The van der Waals surface area contributed by atoms with E-state index in [1.54, 1.807) is 25.3 Å². The van der Waals surface area contributed by atoms with Gasteiger partial charge in [-0.05, 0) is 38.8 Å². The zero-order valence-corrected chi connectivity index (χ0v) is 12.9. The van der Waals surface area contributed by atoms with Gasteiger partial charge in [0.25, 0.3) is 5.91 Å². The minimum Gasteiger partial charge on any atom is -0.388 e. The number of hydrogen-bond acceptors (Lipinski definition) is 4. The molecule has 1 heterocycles. The maximum absolute atomic E-state index is 12.2. The van der Waals surface area contributed by atoms with E-state index in [1.807, 2.05) is 27.7 Å². The predicted octanol–water partition coefficient (Wildman–Crippen LogP) is 2.04. The highest BCUT2D eigenvalue weighted by molar-refractivity contribution is 5.98. The highest BCUT2D eigenvalue weighted by Gasteiger charge is 2.26. The topological polar surface area (TPSA) is 74.2 Å². The van der Waals surface area contributed by atoms with E-state index in [-0.39, 0.29) is 24.4 Å². The van der Waals surface area contributed by atoms with E-state index in [2.05, 4.69) is 15.6 Å². The summed E-state index contributed by atoms with van der Waals surface area (Å²) in [5.74, 6) is 0.385. The number of rotatable bonds is 6. The van der Waals surface area contributed by atoms with E-state index in [0.29, 0.717) is 11.4 Å². The predicted molar refractivity (Wildman–Crippen MR) is 80.8 cm³/mol. The van der Waals surface area contributed by atoms with Crippen molar-refractivity contribution in [2.75, 3.05) is 11.9 Å². The lowest BCUT2D eigenvalue weighted by molar-refractivity contribution is 0.0142. The number of hydrogen-bond donors (Lipinski definition) is 3. The molecule has 0 aliphatic rings. The Morgan fingerprint density at radius 1 is 1.40 bits per heavy atom. The van der Waals surface area contributed by atoms with E-state index in [1.165, 1.54) is 0 Å². The van der Waals surface area contributed by atoms with Crippen molar-refractivity contribution in [1.82, 2.24) is 10.3 Å². The molecule has 20 heavy (non-hydrogen) atoms. The Bertz CT molecular complexity index is 456. The summed E-state index contributed by atoms with van der Waals surface area (Å²) >= 11 is 0. The third kappa shape index (κ3) is 4.49. The summed E-state index contributed by atoms with van der Waals surface area (Å²) in [6, 6.07) is 3.63. The first-order chi connectivity index (χ1) is 9.24. The molecule has 1 aromatic heterocycles. The number of pyridine rings is 1. The van der Waals surface area contributed by atoms with Crippen molar-refractivity contribution in [2.45, 2.75) is 46.3 Å². The molecule has 3 N–H and O–H groups in total. The molecule has 0 saturated carbocycles. The lowest BCUT2D eigenvalue weighted by Crippen LogP contribution is -2.44. The van der Waals surface area contributed by atoms with Crippen LogP contribution in [0.2, 0.25) is 0 Å². The van der Waals surface area contributed by atoms with Gasteiger partial charge in [0, 0.05) is 18.8 Å². The van der Waals surface area contributed by atoms with Gasteiger partial charge in [-0.2, -0.15) is 0 Å². The zero-order valence-electron chi connectivity index (χ0n) is 12.9. The zero-order chi connectivity index (χ0) is 15.3. The number of amides is 1. The van der Waals surface area contributed by atoms with Crippen LogP contribution in [-0.2, 0) is 0 Å². The summed E-state index contributed by atoms with van der Waals surface area (Å²) in [4.78, 5) is 16.4. The van der Waals surface area contributed by atoms with Gasteiger partial charge in [-0.1, -0.05) is 13.8 Å². The molecule has 0 aliphatic carbocycles. The number of anilines is 1. The van der Waals surface area contributed by atoms with Crippen LogP contribution >= 0.6 is 0 Å². The molecule has 1 aromatic rings. The summed E-state index contributed by atoms with van der Waals surface area (Å²) in [6.45, 7) is 9.73. The van der Waals surface area contributed by atoms with Crippen molar-refractivity contribution in [3.05, 3.63) is 23.9 Å². The van der Waals surface area contributed by atoms with Crippen molar-refractivity contribution in [2.24, 2.45) is 5.92 Å². The smallest absolute Gasteiger partial charge is 0.255 e. The number of nitrogens with zero attached hydrogens (tertiary/aromatic N) is 1. The molecule has 0 aromatic carbocycles. The lowest BCUT2D eigenvalue weighted by atomic mass is 9.92. The molecule has 0 bridgehead atoms. The Kier molecular flexibility index (Phi) is 5.51. The third-order valence-electron chi connectivity index (χ3n) is 3.33. The lowest BCUT2D eigenvalue weighted by Gasteiger charge is -2.28. The van der Waals surface area contributed by atoms with E-state index in [0.717, 1.165) is 0 Å². The number of aromatic nitrogens is 1. The second-order valence-corrected chi connectivity index (χ2v) is 5.89. The van der Waals surface area contributed by atoms with Gasteiger partial charge in [-0.25, -0.2) is 4.98 Å². The molecule has 1 amide bonds. The summed E-state index contributed by atoms with van der Waals surface area (Å²) in [6.07, 6.45) is 1.64. The van der Waals surface area contributed by atoms with Crippen molar-refractivity contribution in [3.63, 3.8) is 0 Å². The molecular weight excluding hydrogens is 254 g/mol. The van der Waals surface area contributed by atoms with Gasteiger partial charge in [0.05, 0.1) is 11.2 Å². The van der Waals surface area contributed by atoms with Crippen LogP contribution in [0.1, 0.15) is 45.0 Å². The van der Waals surface area contributed by atoms with E-state index in [4.69, 9.17) is 0 Å². The Morgan fingerprint density at radius 2 is 2.05 bits per heavy atom. The van der Waals surface area contributed by atoms with E-state index >= 15 is 0 Å². The fourth-order valence-corrected chi connectivity index (χ4v) is 1.54. The average Bonchev–Trinajstić information content (AvgIpc) is 2.36.